The number of halogens is 2. The second-order valence-electron chi connectivity index (χ2n) is 3.32. The molecule has 0 aromatic carbocycles. The first kappa shape index (κ1) is 9.42. The van der Waals surface area contributed by atoms with Gasteiger partial charge in [0.2, 0.25) is 5.92 Å². The number of alkyl halides is 2. The van der Waals surface area contributed by atoms with Crippen molar-refractivity contribution in [2.45, 2.75) is 38.0 Å². The van der Waals surface area contributed by atoms with Gasteiger partial charge in [0.15, 0.2) is 0 Å². The molecule has 0 saturated heterocycles. The summed E-state index contributed by atoms with van der Waals surface area (Å²) in [6.07, 6.45) is 0.401. The molecule has 1 N–H and O–H groups in total. The zero-order valence-corrected chi connectivity index (χ0v) is 6.72. The number of rotatable bonds is 1. The number of carbonyl (C=O) groups is 1. The number of carboxylic acids is 1. The average Bonchev–Trinajstić information content (AvgIpc) is 2.10. The zero-order valence-electron chi connectivity index (χ0n) is 6.72. The van der Waals surface area contributed by atoms with Gasteiger partial charge in [0.1, 0.15) is 0 Å². The highest BCUT2D eigenvalue weighted by atomic mass is 19.3. The van der Waals surface area contributed by atoms with E-state index in [9.17, 15) is 13.6 Å². The summed E-state index contributed by atoms with van der Waals surface area (Å²) in [6.45, 7) is 0. The highest BCUT2D eigenvalue weighted by Crippen LogP contribution is 2.34. The molecule has 1 aliphatic rings. The molecule has 1 atom stereocenters. The van der Waals surface area contributed by atoms with Gasteiger partial charge in [-0.2, -0.15) is 0 Å². The van der Waals surface area contributed by atoms with Gasteiger partial charge in [-0.15, -0.1) is 0 Å². The summed E-state index contributed by atoms with van der Waals surface area (Å²) < 4.78 is 25.4. The molecule has 0 heterocycles. The van der Waals surface area contributed by atoms with Crippen LogP contribution in [-0.2, 0) is 4.79 Å². The van der Waals surface area contributed by atoms with E-state index in [1.54, 1.807) is 0 Å². The Balaban J connectivity index is 2.50. The van der Waals surface area contributed by atoms with Gasteiger partial charge in [-0.05, 0) is 19.3 Å². The number of hydrogen-bond donors (Lipinski definition) is 1. The number of hydrogen-bond acceptors (Lipinski definition) is 1. The summed E-state index contributed by atoms with van der Waals surface area (Å²) in [7, 11) is 0. The van der Waals surface area contributed by atoms with Crippen molar-refractivity contribution in [3.05, 3.63) is 0 Å². The van der Waals surface area contributed by atoms with Gasteiger partial charge in [0.05, 0.1) is 5.92 Å². The van der Waals surface area contributed by atoms with Gasteiger partial charge in [-0.1, -0.05) is 0 Å². The van der Waals surface area contributed by atoms with Gasteiger partial charge in [-0.25, -0.2) is 8.78 Å². The fraction of sp³-hybridized carbons (Fsp3) is 0.875. The third kappa shape index (κ3) is 2.43. The molecule has 0 aromatic heterocycles. The Morgan fingerprint density at radius 1 is 1.33 bits per heavy atom. The molecule has 0 aliphatic heterocycles. The summed E-state index contributed by atoms with van der Waals surface area (Å²) in [5.74, 6) is -4.13. The van der Waals surface area contributed by atoms with Crippen molar-refractivity contribution in [2.24, 2.45) is 5.92 Å². The van der Waals surface area contributed by atoms with Gasteiger partial charge in [0.25, 0.3) is 0 Å². The maximum Gasteiger partial charge on any atom is 0.306 e. The first-order valence-corrected chi connectivity index (χ1v) is 4.12. The summed E-state index contributed by atoms with van der Waals surface area (Å²) in [4.78, 5) is 10.5. The van der Waals surface area contributed by atoms with Crippen LogP contribution in [0.5, 0.6) is 0 Å². The maximum absolute atomic E-state index is 12.7. The number of aliphatic carboxylic acids is 1. The smallest absolute Gasteiger partial charge is 0.306 e. The molecule has 1 saturated carbocycles. The van der Waals surface area contributed by atoms with E-state index in [4.69, 9.17) is 5.11 Å². The normalized spacial score (nSPS) is 29.3. The second-order valence-corrected chi connectivity index (χ2v) is 3.32. The molecule has 70 valence electrons. The standard InChI is InChI=1S/C8H12F2O2/c9-8(10)4-1-2-6(3-5-8)7(11)12/h6H,1-5H2,(H,11,12). The summed E-state index contributed by atoms with van der Waals surface area (Å²) in [5.41, 5.74) is 0. The molecule has 1 aliphatic carbocycles. The molecule has 0 amide bonds. The lowest BCUT2D eigenvalue weighted by atomic mass is 10.0. The van der Waals surface area contributed by atoms with Crippen molar-refractivity contribution in [3.8, 4) is 0 Å². The minimum Gasteiger partial charge on any atom is -0.481 e. The SMILES string of the molecule is O=C(O)C1CCCC(F)(F)CC1. The van der Waals surface area contributed by atoms with Crippen LogP contribution in [0.25, 0.3) is 0 Å². The Bertz CT molecular complexity index is 180. The Morgan fingerprint density at radius 2 is 2.00 bits per heavy atom. The quantitative estimate of drug-likeness (QED) is 0.625. The van der Waals surface area contributed by atoms with Crippen LogP contribution >= 0.6 is 0 Å². The zero-order chi connectivity index (χ0) is 9.19. The molecule has 1 unspecified atom stereocenters. The van der Waals surface area contributed by atoms with Crippen LogP contribution in [0.3, 0.4) is 0 Å². The van der Waals surface area contributed by atoms with Crippen molar-refractivity contribution in [2.75, 3.05) is 0 Å². The minimum atomic E-state index is -2.63. The third-order valence-electron chi connectivity index (χ3n) is 2.30. The van der Waals surface area contributed by atoms with Crippen molar-refractivity contribution in [1.29, 1.82) is 0 Å². The summed E-state index contributed by atoms with van der Waals surface area (Å²) in [5, 5.41) is 8.59. The van der Waals surface area contributed by atoms with Crippen molar-refractivity contribution in [3.63, 3.8) is 0 Å². The minimum absolute atomic E-state index is 0.113. The van der Waals surface area contributed by atoms with E-state index < -0.39 is 17.8 Å². The summed E-state index contributed by atoms with van der Waals surface area (Å²) >= 11 is 0. The highest BCUT2D eigenvalue weighted by molar-refractivity contribution is 5.69. The first-order chi connectivity index (χ1) is 5.51. The van der Waals surface area contributed by atoms with Crippen LogP contribution in [0.2, 0.25) is 0 Å². The van der Waals surface area contributed by atoms with Crippen molar-refractivity contribution < 1.29 is 18.7 Å². The molecule has 1 fully saturated rings. The van der Waals surface area contributed by atoms with Gasteiger partial charge in [-0.3, -0.25) is 4.79 Å². The molecule has 0 spiro atoms. The lowest BCUT2D eigenvalue weighted by Gasteiger charge is -2.11. The van der Waals surface area contributed by atoms with Crippen molar-refractivity contribution in [1.82, 2.24) is 0 Å². The lowest BCUT2D eigenvalue weighted by molar-refractivity contribution is -0.142. The van der Waals surface area contributed by atoms with Gasteiger partial charge < -0.3 is 5.11 Å². The molecule has 0 radical (unpaired) electrons. The maximum atomic E-state index is 12.7. The van der Waals surface area contributed by atoms with E-state index in [-0.39, 0.29) is 19.3 Å². The molecule has 4 heteroatoms. The summed E-state index contributed by atoms with van der Waals surface area (Å²) in [6, 6.07) is 0. The topological polar surface area (TPSA) is 37.3 Å². The Labute approximate surface area is 69.6 Å². The molecule has 0 bridgehead atoms. The number of carboxylic acid groups (broad SMARTS) is 1. The van der Waals surface area contributed by atoms with E-state index in [1.165, 1.54) is 0 Å². The predicted molar refractivity (Wildman–Crippen MR) is 39.2 cm³/mol. The monoisotopic (exact) mass is 178 g/mol. The van der Waals surface area contributed by atoms with Gasteiger partial charge >= 0.3 is 5.97 Å². The molecule has 1 rings (SSSR count). The van der Waals surface area contributed by atoms with E-state index >= 15 is 0 Å². The van der Waals surface area contributed by atoms with Gasteiger partial charge in [0, 0.05) is 12.8 Å². The molecule has 2 nitrogen and oxygen atoms in total. The third-order valence-corrected chi connectivity index (χ3v) is 2.30. The van der Waals surface area contributed by atoms with Crippen LogP contribution in [0.15, 0.2) is 0 Å². The van der Waals surface area contributed by atoms with E-state index in [1.807, 2.05) is 0 Å². The average molecular weight is 178 g/mol. The largest absolute Gasteiger partial charge is 0.481 e. The Morgan fingerprint density at radius 3 is 2.58 bits per heavy atom. The van der Waals surface area contributed by atoms with Crippen LogP contribution in [-0.4, -0.2) is 17.0 Å². The molecular weight excluding hydrogens is 166 g/mol. The van der Waals surface area contributed by atoms with E-state index in [2.05, 4.69) is 0 Å². The highest BCUT2D eigenvalue weighted by Gasteiger charge is 2.34. The van der Waals surface area contributed by atoms with Crippen LogP contribution < -0.4 is 0 Å². The predicted octanol–water partition coefficient (Wildman–Crippen LogP) is 2.29. The van der Waals surface area contributed by atoms with Crippen LogP contribution in [0, 0.1) is 5.92 Å². The first-order valence-electron chi connectivity index (χ1n) is 4.12. The fourth-order valence-corrected chi connectivity index (χ4v) is 1.51. The van der Waals surface area contributed by atoms with Crippen molar-refractivity contribution >= 4 is 5.97 Å². The van der Waals surface area contributed by atoms with E-state index in [0.29, 0.717) is 12.8 Å². The Kier molecular flexibility index (Phi) is 2.65. The van der Waals surface area contributed by atoms with Crippen LogP contribution in [0.4, 0.5) is 8.78 Å². The Hall–Kier alpha value is -0.670. The molecular formula is C8H12F2O2. The second kappa shape index (κ2) is 3.37. The van der Waals surface area contributed by atoms with E-state index in [0.717, 1.165) is 0 Å². The molecule has 12 heavy (non-hydrogen) atoms. The molecule has 0 aromatic rings. The van der Waals surface area contributed by atoms with Crippen LogP contribution in [0.1, 0.15) is 32.1 Å². The fourth-order valence-electron chi connectivity index (χ4n) is 1.51. The lowest BCUT2D eigenvalue weighted by Crippen LogP contribution is -2.16.